The maximum absolute atomic E-state index is 11.8. The third-order valence-corrected chi connectivity index (χ3v) is 5.27. The highest BCUT2D eigenvalue weighted by Crippen LogP contribution is 2.43. The van der Waals surface area contributed by atoms with Gasteiger partial charge < -0.3 is 14.6 Å². The normalized spacial score (nSPS) is 13.2. The predicted molar refractivity (Wildman–Crippen MR) is 107 cm³/mol. The third-order valence-electron chi connectivity index (χ3n) is 5.27. The molecule has 0 saturated carbocycles. The molecule has 1 aliphatic rings. The molecule has 154 valence electrons. The Morgan fingerprint density at radius 3 is 2.47 bits per heavy atom. The van der Waals surface area contributed by atoms with E-state index in [0.29, 0.717) is 24.7 Å². The molecule has 1 aromatic heterocycles. The molecule has 2 aromatic carbocycles. The zero-order valence-electron chi connectivity index (χ0n) is 16.1. The first-order valence-corrected chi connectivity index (χ1v) is 9.21. The van der Waals surface area contributed by atoms with Crippen LogP contribution in [-0.2, 0) is 19.7 Å². The fourth-order valence-corrected chi connectivity index (χ4v) is 3.78. The van der Waals surface area contributed by atoms with Crippen LogP contribution < -0.4 is 4.90 Å². The molecule has 30 heavy (non-hydrogen) atoms. The van der Waals surface area contributed by atoms with Crippen molar-refractivity contribution in [3.63, 3.8) is 0 Å². The van der Waals surface area contributed by atoms with Gasteiger partial charge in [-0.3, -0.25) is 20.2 Å². The molecule has 0 aliphatic carbocycles. The summed E-state index contributed by atoms with van der Waals surface area (Å²) in [6.07, 6.45) is 0. The number of hydrogen-bond acceptors (Lipinski definition) is 8. The van der Waals surface area contributed by atoms with Gasteiger partial charge in [0.05, 0.1) is 23.0 Å². The molecule has 1 N–H and O–H groups in total. The van der Waals surface area contributed by atoms with Crippen LogP contribution in [0.4, 0.5) is 17.1 Å². The van der Waals surface area contributed by atoms with Crippen LogP contribution in [0.15, 0.2) is 36.4 Å². The molecule has 0 amide bonds. The molecule has 0 bridgehead atoms. The van der Waals surface area contributed by atoms with E-state index >= 15 is 0 Å². The van der Waals surface area contributed by atoms with Crippen LogP contribution >= 0.6 is 0 Å². The number of aliphatic hydroxyl groups excluding tert-OH is 1. The largest absolute Gasteiger partial charge is 0.392 e. The lowest BCUT2D eigenvalue weighted by Gasteiger charge is -2.29. The van der Waals surface area contributed by atoms with Gasteiger partial charge in [0.2, 0.25) is 0 Å². The summed E-state index contributed by atoms with van der Waals surface area (Å²) in [6.45, 7) is 1.82. The molecule has 0 atom stereocenters. The van der Waals surface area contributed by atoms with E-state index in [-0.39, 0.29) is 29.0 Å². The lowest BCUT2D eigenvalue weighted by atomic mass is 10.0. The molecule has 2 heterocycles. The van der Waals surface area contributed by atoms with E-state index in [4.69, 9.17) is 0 Å². The van der Waals surface area contributed by atoms with E-state index in [1.807, 2.05) is 34.9 Å². The van der Waals surface area contributed by atoms with E-state index in [9.17, 15) is 25.3 Å². The second-order valence-corrected chi connectivity index (χ2v) is 6.93. The Bertz CT molecular complexity index is 1140. The second kappa shape index (κ2) is 7.52. The van der Waals surface area contributed by atoms with Crippen molar-refractivity contribution in [1.29, 1.82) is 0 Å². The van der Waals surface area contributed by atoms with Crippen LogP contribution in [0.1, 0.15) is 17.0 Å². The van der Waals surface area contributed by atoms with Gasteiger partial charge in [-0.2, -0.15) is 0 Å². The summed E-state index contributed by atoms with van der Waals surface area (Å²) in [5.41, 5.74) is 0.404. The summed E-state index contributed by atoms with van der Waals surface area (Å²) >= 11 is 0. The van der Waals surface area contributed by atoms with Crippen LogP contribution in [0.25, 0.3) is 11.4 Å². The number of aromatic nitrogens is 3. The standard InChI is InChI=1S/C19H18N6O5/c1-12-14(11-26)9-15(24(27)28)18(17(12)25(29)30)22-7-8-23-16(10-22)20-21-19(23)13-5-3-2-4-6-13/h2-6,9,26H,7-8,10-11H2,1H3. The predicted octanol–water partition coefficient (Wildman–Crippen LogP) is 2.58. The first-order chi connectivity index (χ1) is 14.4. The summed E-state index contributed by atoms with van der Waals surface area (Å²) in [6, 6.07) is 10.7. The molecular weight excluding hydrogens is 392 g/mol. The fourth-order valence-electron chi connectivity index (χ4n) is 3.78. The van der Waals surface area contributed by atoms with Gasteiger partial charge in [0.25, 0.3) is 5.69 Å². The number of nitro benzene ring substituents is 2. The summed E-state index contributed by atoms with van der Waals surface area (Å²) < 4.78 is 1.92. The minimum atomic E-state index is -0.657. The average molecular weight is 410 g/mol. The van der Waals surface area contributed by atoms with Gasteiger partial charge in [0.1, 0.15) is 0 Å². The lowest BCUT2D eigenvalue weighted by Crippen LogP contribution is -2.35. The molecule has 0 unspecified atom stereocenters. The van der Waals surface area contributed by atoms with Crippen molar-refractivity contribution in [3.05, 3.63) is 73.6 Å². The van der Waals surface area contributed by atoms with Crippen molar-refractivity contribution < 1.29 is 15.0 Å². The van der Waals surface area contributed by atoms with Gasteiger partial charge in [-0.1, -0.05) is 30.3 Å². The first-order valence-electron chi connectivity index (χ1n) is 9.21. The average Bonchev–Trinajstić information content (AvgIpc) is 3.16. The van der Waals surface area contributed by atoms with Gasteiger partial charge >= 0.3 is 5.69 Å². The van der Waals surface area contributed by atoms with E-state index in [1.54, 1.807) is 4.90 Å². The number of anilines is 1. The summed E-state index contributed by atoms with van der Waals surface area (Å²) in [7, 11) is 0. The van der Waals surface area contributed by atoms with Crippen LogP contribution in [0.2, 0.25) is 0 Å². The number of hydrogen-bond donors (Lipinski definition) is 1. The highest BCUT2D eigenvalue weighted by Gasteiger charge is 2.36. The molecule has 11 nitrogen and oxygen atoms in total. The SMILES string of the molecule is Cc1c(CO)cc([N+](=O)[O-])c(N2CCn3c(nnc3-c3ccccc3)C2)c1[N+](=O)[O-]. The number of benzene rings is 2. The Labute approximate surface area is 170 Å². The minimum absolute atomic E-state index is 0.0739. The highest BCUT2D eigenvalue weighted by molar-refractivity contribution is 5.79. The van der Waals surface area contributed by atoms with Crippen molar-refractivity contribution in [1.82, 2.24) is 14.8 Å². The van der Waals surface area contributed by atoms with Crippen molar-refractivity contribution in [2.75, 3.05) is 11.4 Å². The Morgan fingerprint density at radius 1 is 1.10 bits per heavy atom. The summed E-state index contributed by atoms with van der Waals surface area (Å²) in [5.74, 6) is 1.24. The van der Waals surface area contributed by atoms with E-state index in [0.717, 1.165) is 5.56 Å². The molecule has 11 heteroatoms. The number of aliphatic hydroxyl groups is 1. The van der Waals surface area contributed by atoms with Crippen LogP contribution in [0, 0.1) is 27.2 Å². The summed E-state index contributed by atoms with van der Waals surface area (Å²) in [5, 5.41) is 41.4. The summed E-state index contributed by atoms with van der Waals surface area (Å²) in [4.78, 5) is 23.8. The van der Waals surface area contributed by atoms with Crippen molar-refractivity contribution in [2.24, 2.45) is 0 Å². The maximum atomic E-state index is 11.8. The Kier molecular flexibility index (Phi) is 4.88. The Balaban J connectivity index is 1.80. The van der Waals surface area contributed by atoms with E-state index < -0.39 is 22.1 Å². The van der Waals surface area contributed by atoms with Gasteiger partial charge in [0, 0.05) is 30.3 Å². The topological polar surface area (TPSA) is 140 Å². The van der Waals surface area contributed by atoms with E-state index in [1.165, 1.54) is 13.0 Å². The number of rotatable bonds is 5. The van der Waals surface area contributed by atoms with Crippen LogP contribution in [0.3, 0.4) is 0 Å². The zero-order valence-corrected chi connectivity index (χ0v) is 16.1. The highest BCUT2D eigenvalue weighted by atomic mass is 16.6. The molecule has 3 aromatic rings. The molecule has 0 fully saturated rings. The first kappa shape index (κ1) is 19.5. The molecule has 4 rings (SSSR count). The maximum Gasteiger partial charge on any atom is 0.302 e. The molecule has 0 radical (unpaired) electrons. The minimum Gasteiger partial charge on any atom is -0.392 e. The number of nitro groups is 2. The molecule has 1 aliphatic heterocycles. The van der Waals surface area contributed by atoms with Crippen molar-refractivity contribution >= 4 is 17.1 Å². The second-order valence-electron chi connectivity index (χ2n) is 6.93. The van der Waals surface area contributed by atoms with Crippen LogP contribution in [0.5, 0.6) is 0 Å². The van der Waals surface area contributed by atoms with E-state index in [2.05, 4.69) is 10.2 Å². The molecular formula is C19H18N6O5. The fraction of sp³-hybridized carbons (Fsp3) is 0.263. The molecule has 0 spiro atoms. The third kappa shape index (κ3) is 3.14. The van der Waals surface area contributed by atoms with Gasteiger partial charge in [-0.25, -0.2) is 0 Å². The molecule has 0 saturated heterocycles. The zero-order chi connectivity index (χ0) is 21.4. The van der Waals surface area contributed by atoms with Gasteiger partial charge in [0.15, 0.2) is 17.3 Å². The Morgan fingerprint density at radius 2 is 1.83 bits per heavy atom. The van der Waals surface area contributed by atoms with Crippen molar-refractivity contribution in [3.8, 4) is 11.4 Å². The van der Waals surface area contributed by atoms with Crippen LogP contribution in [-0.4, -0.2) is 36.3 Å². The number of nitrogens with zero attached hydrogens (tertiary/aromatic N) is 6. The lowest BCUT2D eigenvalue weighted by molar-refractivity contribution is -0.393. The smallest absolute Gasteiger partial charge is 0.302 e. The number of fused-ring (bicyclic) bond motifs is 1. The van der Waals surface area contributed by atoms with Crippen molar-refractivity contribution in [2.45, 2.75) is 26.6 Å². The Hall–Kier alpha value is -3.86. The van der Waals surface area contributed by atoms with Gasteiger partial charge in [-0.15, -0.1) is 10.2 Å². The quantitative estimate of drug-likeness (QED) is 0.500. The van der Waals surface area contributed by atoms with Gasteiger partial charge in [-0.05, 0) is 12.5 Å². The monoisotopic (exact) mass is 410 g/mol.